The summed E-state index contributed by atoms with van der Waals surface area (Å²) in [7, 11) is 0. The summed E-state index contributed by atoms with van der Waals surface area (Å²) < 4.78 is 5.68. The Kier molecular flexibility index (Phi) is 4.21. The topological polar surface area (TPSA) is 42.2 Å². The molecular weight excluding hydrogens is 294 g/mol. The molecule has 0 N–H and O–H groups in total. The van der Waals surface area contributed by atoms with Crippen LogP contribution in [0.4, 0.5) is 0 Å². The van der Waals surface area contributed by atoms with Crippen molar-refractivity contribution in [3.63, 3.8) is 0 Å². The van der Waals surface area contributed by atoms with Gasteiger partial charge in [0, 0.05) is 29.6 Å². The van der Waals surface area contributed by atoms with Crippen LogP contribution < -0.4 is 0 Å². The Morgan fingerprint density at radius 3 is 2.64 bits per heavy atom. The molecule has 0 radical (unpaired) electrons. The van der Waals surface area contributed by atoms with Crippen LogP contribution in [-0.2, 0) is 0 Å². The lowest BCUT2D eigenvalue weighted by Crippen LogP contribution is -2.59. The number of thioether (sulfide) groups is 1. The van der Waals surface area contributed by atoms with Crippen molar-refractivity contribution < 1.29 is 4.42 Å². The molecule has 3 rings (SSSR count). The molecule has 1 aliphatic heterocycles. The van der Waals surface area contributed by atoms with Crippen LogP contribution in [0, 0.1) is 0 Å². The minimum Gasteiger partial charge on any atom is -0.412 e. The predicted octanol–water partition coefficient (Wildman–Crippen LogP) is 4.36. The van der Waals surface area contributed by atoms with Crippen molar-refractivity contribution in [3.8, 4) is 0 Å². The van der Waals surface area contributed by atoms with Crippen LogP contribution in [0.1, 0.15) is 47.0 Å². The van der Waals surface area contributed by atoms with Crippen molar-refractivity contribution in [1.29, 1.82) is 0 Å². The minimum atomic E-state index is 0.269. The number of oxazole rings is 1. The Morgan fingerprint density at radius 1 is 1.23 bits per heavy atom. The maximum atomic E-state index is 5.68. The summed E-state index contributed by atoms with van der Waals surface area (Å²) in [5.41, 5.74) is 2.00. The van der Waals surface area contributed by atoms with Gasteiger partial charge in [-0.25, -0.2) is 9.97 Å². The monoisotopic (exact) mass is 319 g/mol. The molecule has 0 unspecified atom stereocenters. The molecular formula is C17H25N3OS. The molecule has 5 heteroatoms. The highest BCUT2D eigenvalue weighted by molar-refractivity contribution is 7.99. The van der Waals surface area contributed by atoms with Crippen molar-refractivity contribution in [2.75, 3.05) is 12.3 Å². The van der Waals surface area contributed by atoms with Gasteiger partial charge in [0.1, 0.15) is 5.52 Å². The van der Waals surface area contributed by atoms with Crippen LogP contribution in [0.15, 0.2) is 28.0 Å². The Hall–Kier alpha value is -1.07. The van der Waals surface area contributed by atoms with E-state index in [1.165, 1.54) is 19.3 Å². The molecule has 0 aromatic carbocycles. The smallest absolute Gasteiger partial charge is 0.258 e. The summed E-state index contributed by atoms with van der Waals surface area (Å²) in [5.74, 6) is 0.986. The molecule has 1 aliphatic rings. The second-order valence-corrected chi connectivity index (χ2v) is 8.33. The fourth-order valence-corrected chi connectivity index (χ4v) is 4.43. The van der Waals surface area contributed by atoms with Gasteiger partial charge in [0.25, 0.3) is 5.22 Å². The highest BCUT2D eigenvalue weighted by Gasteiger charge is 2.40. The van der Waals surface area contributed by atoms with Crippen molar-refractivity contribution in [2.45, 2.75) is 63.3 Å². The van der Waals surface area contributed by atoms with Gasteiger partial charge < -0.3 is 4.42 Å². The molecule has 3 heterocycles. The van der Waals surface area contributed by atoms with Crippen LogP contribution in [0.2, 0.25) is 0 Å². The highest BCUT2D eigenvalue weighted by atomic mass is 32.2. The van der Waals surface area contributed by atoms with Crippen molar-refractivity contribution in [2.24, 2.45) is 0 Å². The summed E-state index contributed by atoms with van der Waals surface area (Å²) in [5, 5.41) is 0.723. The van der Waals surface area contributed by atoms with E-state index in [0.717, 1.165) is 23.0 Å². The summed E-state index contributed by atoms with van der Waals surface area (Å²) >= 11 is 1.68. The number of hydrogen-bond acceptors (Lipinski definition) is 5. The lowest BCUT2D eigenvalue weighted by Gasteiger charge is -2.53. The number of pyridine rings is 1. The van der Waals surface area contributed by atoms with E-state index < -0.39 is 0 Å². The standard InChI is InChI=1S/C17H25N3OS/c1-16(2)8-6-9-17(3,4)20(16)11-12-22-15-19-13-7-5-10-18-14(13)21-15/h5,7,10H,6,8-9,11-12H2,1-4H3. The highest BCUT2D eigenvalue weighted by Crippen LogP contribution is 2.38. The van der Waals surface area contributed by atoms with Gasteiger partial charge in [-0.05, 0) is 59.1 Å². The van der Waals surface area contributed by atoms with Crippen molar-refractivity contribution >= 4 is 23.0 Å². The average molecular weight is 319 g/mol. The average Bonchev–Trinajstić information content (AvgIpc) is 2.84. The summed E-state index contributed by atoms with van der Waals surface area (Å²) in [6.45, 7) is 10.5. The first-order valence-electron chi connectivity index (χ1n) is 8.01. The molecule has 0 aliphatic carbocycles. The third kappa shape index (κ3) is 3.15. The van der Waals surface area contributed by atoms with Gasteiger partial charge in [0.05, 0.1) is 0 Å². The molecule has 1 saturated heterocycles. The maximum absolute atomic E-state index is 5.68. The maximum Gasteiger partial charge on any atom is 0.258 e. The molecule has 2 aromatic heterocycles. The molecule has 22 heavy (non-hydrogen) atoms. The number of aromatic nitrogens is 2. The summed E-state index contributed by atoms with van der Waals surface area (Å²) in [4.78, 5) is 11.3. The Labute approximate surface area is 136 Å². The number of hydrogen-bond donors (Lipinski definition) is 0. The van der Waals surface area contributed by atoms with E-state index in [1.807, 2.05) is 12.1 Å². The molecule has 0 atom stereocenters. The first kappa shape index (κ1) is 15.8. The van der Waals surface area contributed by atoms with E-state index in [-0.39, 0.29) is 11.1 Å². The number of nitrogens with zero attached hydrogens (tertiary/aromatic N) is 3. The zero-order valence-corrected chi connectivity index (χ0v) is 14.7. The molecule has 0 saturated carbocycles. The van der Waals surface area contributed by atoms with Gasteiger partial charge in [-0.3, -0.25) is 4.90 Å². The fourth-order valence-electron chi connectivity index (χ4n) is 3.68. The van der Waals surface area contributed by atoms with E-state index in [9.17, 15) is 0 Å². The molecule has 120 valence electrons. The Morgan fingerprint density at radius 2 is 1.95 bits per heavy atom. The second kappa shape index (κ2) is 5.85. The number of fused-ring (bicyclic) bond motifs is 1. The third-order valence-electron chi connectivity index (χ3n) is 4.73. The number of rotatable bonds is 4. The van der Waals surface area contributed by atoms with Crippen LogP contribution >= 0.6 is 11.8 Å². The van der Waals surface area contributed by atoms with Gasteiger partial charge in [-0.15, -0.1) is 0 Å². The van der Waals surface area contributed by atoms with E-state index in [4.69, 9.17) is 4.42 Å². The van der Waals surface area contributed by atoms with Crippen molar-refractivity contribution in [3.05, 3.63) is 18.3 Å². The van der Waals surface area contributed by atoms with Gasteiger partial charge in [-0.1, -0.05) is 11.8 Å². The second-order valence-electron chi connectivity index (χ2n) is 7.29. The zero-order chi connectivity index (χ0) is 15.8. The molecule has 0 amide bonds. The van der Waals surface area contributed by atoms with Gasteiger partial charge in [0.2, 0.25) is 5.71 Å². The quantitative estimate of drug-likeness (QED) is 0.783. The molecule has 2 aromatic rings. The van der Waals surface area contributed by atoms with Crippen LogP contribution in [0.25, 0.3) is 11.2 Å². The SMILES string of the molecule is CC1(C)CCCC(C)(C)N1CCSc1nc2cccnc2o1. The van der Waals surface area contributed by atoms with Gasteiger partial charge >= 0.3 is 0 Å². The lowest BCUT2D eigenvalue weighted by atomic mass is 9.80. The Balaban J connectivity index is 1.64. The lowest BCUT2D eigenvalue weighted by molar-refractivity contribution is -0.0209. The third-order valence-corrected chi connectivity index (χ3v) is 5.53. The van der Waals surface area contributed by atoms with E-state index >= 15 is 0 Å². The van der Waals surface area contributed by atoms with E-state index in [1.54, 1.807) is 18.0 Å². The number of likely N-dealkylation sites (tertiary alicyclic amines) is 1. The van der Waals surface area contributed by atoms with Gasteiger partial charge in [-0.2, -0.15) is 0 Å². The van der Waals surface area contributed by atoms with Gasteiger partial charge in [0.15, 0.2) is 0 Å². The molecule has 0 spiro atoms. The largest absolute Gasteiger partial charge is 0.412 e. The number of piperidine rings is 1. The predicted molar refractivity (Wildman–Crippen MR) is 91.2 cm³/mol. The van der Waals surface area contributed by atoms with E-state index in [2.05, 4.69) is 42.6 Å². The fraction of sp³-hybridized carbons (Fsp3) is 0.647. The Bertz CT molecular complexity index is 601. The molecule has 0 bridgehead atoms. The minimum absolute atomic E-state index is 0.269. The summed E-state index contributed by atoms with van der Waals surface area (Å²) in [6.07, 6.45) is 5.60. The summed E-state index contributed by atoms with van der Waals surface area (Å²) in [6, 6.07) is 3.82. The van der Waals surface area contributed by atoms with Crippen molar-refractivity contribution in [1.82, 2.24) is 14.9 Å². The normalized spacial score (nSPS) is 21.3. The first-order chi connectivity index (χ1) is 10.4. The van der Waals surface area contributed by atoms with Crippen LogP contribution in [-0.4, -0.2) is 38.2 Å². The molecule has 1 fully saturated rings. The first-order valence-corrected chi connectivity index (χ1v) is 8.99. The molecule has 4 nitrogen and oxygen atoms in total. The van der Waals surface area contributed by atoms with Crippen LogP contribution in [0.3, 0.4) is 0 Å². The van der Waals surface area contributed by atoms with E-state index in [0.29, 0.717) is 5.71 Å². The zero-order valence-electron chi connectivity index (χ0n) is 13.9. The van der Waals surface area contributed by atoms with Crippen LogP contribution in [0.5, 0.6) is 0 Å².